The lowest BCUT2D eigenvalue weighted by atomic mass is 9.81. The molecule has 0 amide bonds. The largest absolute Gasteiger partial charge is 0.309 e. The first-order valence-corrected chi connectivity index (χ1v) is 23.9. The SMILES string of the molecule is CC1(C)c2ccccc2-c2ccc(-c3nc4ccccc4nc3-c3cc(-n4c5ccccc5c5cc6ccc(-n7c8ccccc8c8c9ccccc9ccc87)cc6cc54)c4ccccc4c3)cc21. The standard InChI is InChI=1S/C65H42N4/c1-65(2)53-22-10-7-19-48(53)49-31-28-42(36-54(49)65)63-64(67-56-24-12-11-23-55(56)66-63)44-33-41-16-4-5-17-46(41)60(38-44)69-57-25-13-8-20-50(57)52-35-40-27-30-45(34-43(40)37-61(52)69)68-58-26-14-9-21-51(58)62-47-18-6-3-15-39(47)29-32-59(62)68/h3-38H,1-2H3. The van der Waals surface area contributed by atoms with Gasteiger partial charge in [0.1, 0.15) is 0 Å². The smallest absolute Gasteiger partial charge is 0.0974 e. The van der Waals surface area contributed by atoms with E-state index in [2.05, 4.69) is 241 Å². The zero-order chi connectivity index (χ0) is 45.5. The Kier molecular flexibility index (Phi) is 7.81. The zero-order valence-corrected chi connectivity index (χ0v) is 38.1. The molecule has 4 nitrogen and oxygen atoms in total. The molecule has 0 saturated carbocycles. The molecule has 14 aromatic rings. The summed E-state index contributed by atoms with van der Waals surface area (Å²) in [5, 5.41) is 12.2. The molecule has 1 aliphatic carbocycles. The van der Waals surface area contributed by atoms with Crippen molar-refractivity contribution in [2.45, 2.75) is 19.3 Å². The van der Waals surface area contributed by atoms with Gasteiger partial charge in [0.2, 0.25) is 0 Å². The second kappa shape index (κ2) is 14.1. The van der Waals surface area contributed by atoms with Crippen molar-refractivity contribution >= 4 is 87.0 Å². The number of nitrogens with zero attached hydrogens (tertiary/aromatic N) is 4. The maximum absolute atomic E-state index is 5.51. The Bertz CT molecular complexity index is 4530. The first-order chi connectivity index (χ1) is 34.0. The third kappa shape index (κ3) is 5.46. The number of benzene rings is 11. The van der Waals surface area contributed by atoms with Gasteiger partial charge in [-0.3, -0.25) is 0 Å². The second-order valence-electron chi connectivity index (χ2n) is 19.3. The molecule has 15 rings (SSSR count). The van der Waals surface area contributed by atoms with Crippen molar-refractivity contribution in [3.8, 4) is 45.0 Å². The van der Waals surface area contributed by atoms with Crippen LogP contribution in [0.5, 0.6) is 0 Å². The molecule has 0 aliphatic heterocycles. The monoisotopic (exact) mass is 878 g/mol. The average Bonchev–Trinajstić information content (AvgIpc) is 3.99. The van der Waals surface area contributed by atoms with Gasteiger partial charge in [0.15, 0.2) is 0 Å². The molecule has 11 aromatic carbocycles. The van der Waals surface area contributed by atoms with Crippen molar-refractivity contribution in [1.29, 1.82) is 0 Å². The van der Waals surface area contributed by atoms with Gasteiger partial charge in [-0.25, -0.2) is 9.97 Å². The molecule has 4 heteroatoms. The van der Waals surface area contributed by atoms with E-state index in [9.17, 15) is 0 Å². The number of fused-ring (bicyclic) bond motifs is 14. The minimum atomic E-state index is -0.150. The Labute approximate surface area is 398 Å². The van der Waals surface area contributed by atoms with E-state index in [1.54, 1.807) is 0 Å². The van der Waals surface area contributed by atoms with Gasteiger partial charge in [0.05, 0.1) is 50.2 Å². The van der Waals surface area contributed by atoms with Crippen LogP contribution < -0.4 is 0 Å². The molecular weight excluding hydrogens is 837 g/mol. The molecule has 0 atom stereocenters. The van der Waals surface area contributed by atoms with Crippen LogP contribution >= 0.6 is 0 Å². The number of hydrogen-bond donors (Lipinski definition) is 0. The van der Waals surface area contributed by atoms with E-state index >= 15 is 0 Å². The second-order valence-corrected chi connectivity index (χ2v) is 19.3. The van der Waals surface area contributed by atoms with Crippen LogP contribution in [0.2, 0.25) is 0 Å². The Morgan fingerprint density at radius 3 is 1.81 bits per heavy atom. The predicted molar refractivity (Wildman–Crippen MR) is 289 cm³/mol. The molecule has 322 valence electrons. The highest BCUT2D eigenvalue weighted by Crippen LogP contribution is 2.50. The zero-order valence-electron chi connectivity index (χ0n) is 38.1. The Morgan fingerprint density at radius 2 is 0.986 bits per heavy atom. The van der Waals surface area contributed by atoms with E-state index in [4.69, 9.17) is 9.97 Å². The van der Waals surface area contributed by atoms with Crippen LogP contribution in [0.1, 0.15) is 25.0 Å². The fraction of sp³-hybridized carbons (Fsp3) is 0.0462. The molecule has 69 heavy (non-hydrogen) atoms. The van der Waals surface area contributed by atoms with Crippen LogP contribution in [0.15, 0.2) is 218 Å². The van der Waals surface area contributed by atoms with Crippen LogP contribution in [-0.4, -0.2) is 19.1 Å². The minimum Gasteiger partial charge on any atom is -0.309 e. The van der Waals surface area contributed by atoms with E-state index < -0.39 is 0 Å². The van der Waals surface area contributed by atoms with E-state index in [0.717, 1.165) is 61.3 Å². The first kappa shape index (κ1) is 38.3. The molecule has 0 bridgehead atoms. The minimum absolute atomic E-state index is 0.150. The summed E-state index contributed by atoms with van der Waals surface area (Å²) >= 11 is 0. The topological polar surface area (TPSA) is 35.6 Å². The summed E-state index contributed by atoms with van der Waals surface area (Å²) in [6.07, 6.45) is 0. The van der Waals surface area contributed by atoms with Gasteiger partial charge in [0, 0.05) is 49.2 Å². The van der Waals surface area contributed by atoms with Gasteiger partial charge in [-0.1, -0.05) is 159 Å². The molecule has 0 saturated heterocycles. The van der Waals surface area contributed by atoms with Gasteiger partial charge in [-0.05, 0) is 122 Å². The van der Waals surface area contributed by atoms with Gasteiger partial charge in [-0.2, -0.15) is 0 Å². The summed E-state index contributed by atoms with van der Waals surface area (Å²) in [7, 11) is 0. The summed E-state index contributed by atoms with van der Waals surface area (Å²) in [5.74, 6) is 0. The van der Waals surface area contributed by atoms with Crippen molar-refractivity contribution in [3.05, 3.63) is 230 Å². The summed E-state index contributed by atoms with van der Waals surface area (Å²) in [6.45, 7) is 4.68. The van der Waals surface area contributed by atoms with E-state index in [1.165, 1.54) is 81.8 Å². The van der Waals surface area contributed by atoms with Gasteiger partial charge >= 0.3 is 0 Å². The molecule has 1 aliphatic rings. The van der Waals surface area contributed by atoms with Crippen molar-refractivity contribution < 1.29 is 0 Å². The number of hydrogen-bond acceptors (Lipinski definition) is 2. The van der Waals surface area contributed by atoms with Crippen molar-refractivity contribution in [2.75, 3.05) is 0 Å². The number of rotatable bonds is 4. The molecular formula is C65H42N4. The van der Waals surface area contributed by atoms with E-state index in [0.29, 0.717) is 0 Å². The van der Waals surface area contributed by atoms with E-state index in [1.807, 2.05) is 0 Å². The van der Waals surface area contributed by atoms with Crippen molar-refractivity contribution in [1.82, 2.24) is 19.1 Å². The Morgan fingerprint density at radius 1 is 0.348 bits per heavy atom. The molecule has 0 spiro atoms. The Balaban J connectivity index is 0.968. The van der Waals surface area contributed by atoms with Crippen LogP contribution in [0.25, 0.3) is 132 Å². The molecule has 3 heterocycles. The van der Waals surface area contributed by atoms with Gasteiger partial charge in [0.25, 0.3) is 0 Å². The Hall–Kier alpha value is -8.86. The summed E-state index contributed by atoms with van der Waals surface area (Å²) in [5.41, 5.74) is 17.7. The normalized spacial score (nSPS) is 13.2. The van der Waals surface area contributed by atoms with Gasteiger partial charge < -0.3 is 9.13 Å². The molecule has 0 fully saturated rings. The summed E-state index contributed by atoms with van der Waals surface area (Å²) in [4.78, 5) is 11.0. The van der Waals surface area contributed by atoms with Crippen LogP contribution in [0.3, 0.4) is 0 Å². The van der Waals surface area contributed by atoms with Crippen LogP contribution in [-0.2, 0) is 5.41 Å². The first-order valence-electron chi connectivity index (χ1n) is 23.9. The predicted octanol–water partition coefficient (Wildman–Crippen LogP) is 16.9. The maximum Gasteiger partial charge on any atom is 0.0974 e. The summed E-state index contributed by atoms with van der Waals surface area (Å²) in [6, 6.07) is 80.2. The number of para-hydroxylation sites is 4. The van der Waals surface area contributed by atoms with Crippen LogP contribution in [0.4, 0.5) is 0 Å². The molecule has 0 radical (unpaired) electrons. The highest BCUT2D eigenvalue weighted by atomic mass is 15.0. The van der Waals surface area contributed by atoms with Crippen LogP contribution in [0, 0.1) is 0 Å². The third-order valence-corrected chi connectivity index (χ3v) is 15.2. The van der Waals surface area contributed by atoms with Crippen molar-refractivity contribution in [3.63, 3.8) is 0 Å². The molecule has 0 unspecified atom stereocenters. The fourth-order valence-corrected chi connectivity index (χ4v) is 12.0. The lowest BCUT2D eigenvalue weighted by Crippen LogP contribution is -2.15. The quantitative estimate of drug-likeness (QED) is 0.177. The molecule has 0 N–H and O–H groups in total. The highest BCUT2D eigenvalue weighted by Gasteiger charge is 2.35. The fourth-order valence-electron chi connectivity index (χ4n) is 12.0. The third-order valence-electron chi connectivity index (χ3n) is 15.2. The van der Waals surface area contributed by atoms with Gasteiger partial charge in [-0.15, -0.1) is 0 Å². The highest BCUT2D eigenvalue weighted by molar-refractivity contribution is 6.21. The average molecular weight is 879 g/mol. The lowest BCUT2D eigenvalue weighted by molar-refractivity contribution is 0.660. The number of aromatic nitrogens is 4. The molecule has 3 aromatic heterocycles. The lowest BCUT2D eigenvalue weighted by Gasteiger charge is -2.22. The maximum atomic E-state index is 5.51. The van der Waals surface area contributed by atoms with E-state index in [-0.39, 0.29) is 5.41 Å². The summed E-state index contributed by atoms with van der Waals surface area (Å²) < 4.78 is 4.93. The van der Waals surface area contributed by atoms with Crippen molar-refractivity contribution in [2.24, 2.45) is 0 Å².